The van der Waals surface area contributed by atoms with Gasteiger partial charge in [-0.25, -0.2) is 4.39 Å². The average Bonchev–Trinajstić information content (AvgIpc) is 2.77. The SMILES string of the molecule is Cl.Cn1c(CCN)nnc1SCc1cc(F)cc(C(F)(F)F)c1. The van der Waals surface area contributed by atoms with Crippen LogP contribution in [0.4, 0.5) is 17.6 Å². The average molecular weight is 371 g/mol. The number of thioether (sulfide) groups is 1. The Hall–Kier alpha value is -1.32. The maximum atomic E-state index is 13.3. The molecular weight excluding hydrogens is 356 g/mol. The van der Waals surface area contributed by atoms with Gasteiger partial charge in [-0.15, -0.1) is 22.6 Å². The number of halogens is 5. The molecule has 2 aromatic rings. The summed E-state index contributed by atoms with van der Waals surface area (Å²) in [5.41, 5.74) is 4.68. The van der Waals surface area contributed by atoms with E-state index in [0.29, 0.717) is 30.0 Å². The summed E-state index contributed by atoms with van der Waals surface area (Å²) < 4.78 is 53.0. The third-order valence-electron chi connectivity index (χ3n) is 2.95. The lowest BCUT2D eigenvalue weighted by Gasteiger charge is -2.09. The number of aromatic nitrogens is 3. The largest absolute Gasteiger partial charge is 0.416 e. The van der Waals surface area contributed by atoms with Crippen molar-refractivity contribution in [2.75, 3.05) is 6.54 Å². The van der Waals surface area contributed by atoms with Crippen molar-refractivity contribution >= 4 is 24.2 Å². The number of alkyl halides is 3. The molecule has 0 aliphatic carbocycles. The Kier molecular flexibility index (Phi) is 6.84. The van der Waals surface area contributed by atoms with Gasteiger partial charge in [0, 0.05) is 19.2 Å². The van der Waals surface area contributed by atoms with E-state index < -0.39 is 17.6 Å². The molecule has 0 amide bonds. The van der Waals surface area contributed by atoms with Gasteiger partial charge in [0.2, 0.25) is 0 Å². The van der Waals surface area contributed by atoms with Gasteiger partial charge in [0.25, 0.3) is 0 Å². The molecule has 0 atom stereocenters. The van der Waals surface area contributed by atoms with Gasteiger partial charge in [0.1, 0.15) is 11.6 Å². The number of hydrogen-bond acceptors (Lipinski definition) is 4. The van der Waals surface area contributed by atoms with Gasteiger partial charge in [0.05, 0.1) is 5.56 Å². The van der Waals surface area contributed by atoms with Crippen LogP contribution in [0.1, 0.15) is 17.0 Å². The Bertz CT molecular complexity index is 660. The molecule has 4 nitrogen and oxygen atoms in total. The van der Waals surface area contributed by atoms with Crippen LogP contribution < -0.4 is 5.73 Å². The standard InChI is InChI=1S/C13H14F4N4S.ClH/c1-21-11(2-3-18)19-20-12(21)22-7-8-4-9(13(15,16)17)6-10(14)5-8;/h4-6H,2-3,7,18H2,1H3;1H. The molecule has 0 spiro atoms. The van der Waals surface area contributed by atoms with E-state index in [1.807, 2.05) is 0 Å². The van der Waals surface area contributed by atoms with Crippen LogP contribution in [0, 0.1) is 5.82 Å². The van der Waals surface area contributed by atoms with Gasteiger partial charge in [-0.3, -0.25) is 0 Å². The molecule has 0 radical (unpaired) electrons. The normalized spacial score (nSPS) is 11.4. The molecule has 10 heteroatoms. The first kappa shape index (κ1) is 19.7. The minimum Gasteiger partial charge on any atom is -0.330 e. The smallest absolute Gasteiger partial charge is 0.330 e. The van der Waals surface area contributed by atoms with Gasteiger partial charge in [-0.2, -0.15) is 13.2 Å². The molecule has 23 heavy (non-hydrogen) atoms. The topological polar surface area (TPSA) is 56.7 Å². The van der Waals surface area contributed by atoms with Crippen LogP contribution in [0.3, 0.4) is 0 Å². The third kappa shape index (κ3) is 5.08. The molecule has 0 fully saturated rings. The molecule has 0 saturated heterocycles. The lowest BCUT2D eigenvalue weighted by Crippen LogP contribution is -2.08. The molecule has 2 N–H and O–H groups in total. The van der Waals surface area contributed by atoms with E-state index in [2.05, 4.69) is 10.2 Å². The van der Waals surface area contributed by atoms with Crippen molar-refractivity contribution in [1.82, 2.24) is 14.8 Å². The van der Waals surface area contributed by atoms with Crippen LogP contribution in [0.25, 0.3) is 0 Å². The molecule has 0 saturated carbocycles. The Morgan fingerprint density at radius 3 is 2.52 bits per heavy atom. The zero-order chi connectivity index (χ0) is 16.3. The second-order valence-corrected chi connectivity index (χ2v) is 5.57. The highest BCUT2D eigenvalue weighted by Gasteiger charge is 2.31. The fourth-order valence-corrected chi connectivity index (χ4v) is 2.72. The van der Waals surface area contributed by atoms with E-state index in [4.69, 9.17) is 5.73 Å². The minimum absolute atomic E-state index is 0. The predicted octanol–water partition coefficient (Wildman–Crippen LogP) is 3.19. The first-order valence-corrected chi connectivity index (χ1v) is 7.37. The van der Waals surface area contributed by atoms with Crippen molar-refractivity contribution in [2.24, 2.45) is 12.8 Å². The molecule has 128 valence electrons. The lowest BCUT2D eigenvalue weighted by atomic mass is 10.1. The van der Waals surface area contributed by atoms with Crippen LogP contribution in [-0.2, 0) is 25.4 Å². The second kappa shape index (κ2) is 7.98. The Morgan fingerprint density at radius 1 is 1.22 bits per heavy atom. The summed E-state index contributed by atoms with van der Waals surface area (Å²) in [5, 5.41) is 8.44. The second-order valence-electron chi connectivity index (χ2n) is 4.63. The summed E-state index contributed by atoms with van der Waals surface area (Å²) in [7, 11) is 1.75. The fourth-order valence-electron chi connectivity index (χ4n) is 1.86. The van der Waals surface area contributed by atoms with Gasteiger partial charge in [0.15, 0.2) is 5.16 Å². The zero-order valence-electron chi connectivity index (χ0n) is 12.1. The Morgan fingerprint density at radius 2 is 1.91 bits per heavy atom. The summed E-state index contributed by atoms with van der Waals surface area (Å²) in [6.07, 6.45) is -4.01. The van der Waals surface area contributed by atoms with E-state index in [0.717, 1.165) is 12.1 Å². The van der Waals surface area contributed by atoms with E-state index in [1.165, 1.54) is 11.8 Å². The van der Waals surface area contributed by atoms with Gasteiger partial charge in [-0.1, -0.05) is 11.8 Å². The van der Waals surface area contributed by atoms with E-state index in [9.17, 15) is 17.6 Å². The molecule has 1 aromatic carbocycles. The highest BCUT2D eigenvalue weighted by Crippen LogP contribution is 2.31. The maximum absolute atomic E-state index is 13.3. The molecule has 2 rings (SSSR count). The van der Waals surface area contributed by atoms with E-state index in [1.54, 1.807) is 11.6 Å². The van der Waals surface area contributed by atoms with E-state index in [-0.39, 0.29) is 23.7 Å². The van der Waals surface area contributed by atoms with Crippen LogP contribution >= 0.6 is 24.2 Å². The first-order valence-electron chi connectivity index (χ1n) is 6.39. The van der Waals surface area contributed by atoms with Crippen LogP contribution in [0.15, 0.2) is 23.4 Å². The van der Waals surface area contributed by atoms with Crippen molar-refractivity contribution in [3.63, 3.8) is 0 Å². The number of benzene rings is 1. The minimum atomic E-state index is -4.57. The highest BCUT2D eigenvalue weighted by molar-refractivity contribution is 7.98. The van der Waals surface area contributed by atoms with Crippen LogP contribution in [0.2, 0.25) is 0 Å². The van der Waals surface area contributed by atoms with Gasteiger partial charge >= 0.3 is 6.18 Å². The van der Waals surface area contributed by atoms with Crippen molar-refractivity contribution in [1.29, 1.82) is 0 Å². The number of hydrogen-bond donors (Lipinski definition) is 1. The van der Waals surface area contributed by atoms with Crippen LogP contribution in [-0.4, -0.2) is 21.3 Å². The molecule has 0 aliphatic heterocycles. The van der Waals surface area contributed by atoms with E-state index >= 15 is 0 Å². The fraction of sp³-hybridized carbons (Fsp3) is 0.385. The molecular formula is C13H15ClF4N4S. The zero-order valence-corrected chi connectivity index (χ0v) is 13.7. The quantitative estimate of drug-likeness (QED) is 0.648. The third-order valence-corrected chi connectivity index (χ3v) is 4.04. The Labute approximate surface area is 140 Å². The van der Waals surface area contributed by atoms with Gasteiger partial charge < -0.3 is 10.3 Å². The number of nitrogens with two attached hydrogens (primary N) is 1. The first-order chi connectivity index (χ1) is 10.3. The van der Waals surface area contributed by atoms with Crippen molar-refractivity contribution in [2.45, 2.75) is 23.5 Å². The molecule has 0 aliphatic rings. The summed E-state index contributed by atoms with van der Waals surface area (Å²) in [6, 6.07) is 2.50. The lowest BCUT2D eigenvalue weighted by molar-refractivity contribution is -0.137. The highest BCUT2D eigenvalue weighted by atomic mass is 35.5. The monoisotopic (exact) mass is 370 g/mol. The maximum Gasteiger partial charge on any atom is 0.416 e. The molecule has 1 heterocycles. The Balaban J connectivity index is 0.00000264. The number of nitrogens with zero attached hydrogens (tertiary/aromatic N) is 3. The molecule has 1 aromatic heterocycles. The van der Waals surface area contributed by atoms with Crippen LogP contribution in [0.5, 0.6) is 0 Å². The molecule has 0 unspecified atom stereocenters. The predicted molar refractivity (Wildman–Crippen MR) is 82.0 cm³/mol. The summed E-state index contributed by atoms with van der Waals surface area (Å²) >= 11 is 1.19. The summed E-state index contributed by atoms with van der Waals surface area (Å²) in [6.45, 7) is 0.426. The molecule has 0 bridgehead atoms. The van der Waals surface area contributed by atoms with Gasteiger partial charge in [-0.05, 0) is 30.3 Å². The summed E-state index contributed by atoms with van der Waals surface area (Å²) in [4.78, 5) is 0. The summed E-state index contributed by atoms with van der Waals surface area (Å²) in [5.74, 6) is -0.0532. The van der Waals surface area contributed by atoms with Crippen molar-refractivity contribution in [3.05, 3.63) is 41.0 Å². The number of rotatable bonds is 5. The van der Waals surface area contributed by atoms with Crippen molar-refractivity contribution in [3.8, 4) is 0 Å². The van der Waals surface area contributed by atoms with Crippen molar-refractivity contribution < 1.29 is 17.6 Å².